The largest absolute Gasteiger partial charge is 0.493 e. The molecule has 0 atom stereocenters. The minimum atomic E-state index is -0.230. The molecule has 0 bridgehead atoms. The molecular weight excluding hydrogens is 426 g/mol. The lowest BCUT2D eigenvalue weighted by Crippen LogP contribution is -2.21. The molecule has 0 unspecified atom stereocenters. The maximum absolute atomic E-state index is 12.7. The van der Waals surface area contributed by atoms with Crippen LogP contribution < -0.4 is 14.8 Å². The van der Waals surface area contributed by atoms with Crippen LogP contribution in [0.5, 0.6) is 11.5 Å². The standard InChI is InChI=1S/C25H28ClN3O3/c1-31-24-16-21(9-10-23(24)32-14-4-13-29-11-2-3-12-29)28-25(30)22-15-19(17-27-22)18-5-7-20(26)8-6-18/h5-10,15-17,27H,2-4,11-14H2,1H3,(H,28,30). The fourth-order valence-corrected chi connectivity index (χ4v) is 4.00. The van der Waals surface area contributed by atoms with E-state index in [9.17, 15) is 4.79 Å². The van der Waals surface area contributed by atoms with E-state index in [4.69, 9.17) is 21.1 Å². The second kappa shape index (κ2) is 10.6. The molecule has 1 saturated heterocycles. The number of carbonyl (C=O) groups excluding carboxylic acids is 1. The summed E-state index contributed by atoms with van der Waals surface area (Å²) in [5.41, 5.74) is 3.01. The zero-order valence-corrected chi connectivity index (χ0v) is 19.0. The number of amides is 1. The van der Waals surface area contributed by atoms with E-state index >= 15 is 0 Å². The first-order valence-electron chi connectivity index (χ1n) is 10.9. The van der Waals surface area contributed by atoms with Crippen LogP contribution in [0.1, 0.15) is 29.8 Å². The Labute approximate surface area is 193 Å². The maximum Gasteiger partial charge on any atom is 0.272 e. The molecule has 1 aliphatic rings. The van der Waals surface area contributed by atoms with Gasteiger partial charge in [0.25, 0.3) is 5.91 Å². The van der Waals surface area contributed by atoms with Crippen molar-refractivity contribution in [2.45, 2.75) is 19.3 Å². The van der Waals surface area contributed by atoms with Crippen molar-refractivity contribution in [3.63, 3.8) is 0 Å². The van der Waals surface area contributed by atoms with E-state index in [1.165, 1.54) is 25.9 Å². The summed E-state index contributed by atoms with van der Waals surface area (Å²) in [7, 11) is 1.60. The number of benzene rings is 2. The van der Waals surface area contributed by atoms with Crippen LogP contribution >= 0.6 is 11.6 Å². The summed E-state index contributed by atoms with van der Waals surface area (Å²) in [6.07, 6.45) is 5.38. The summed E-state index contributed by atoms with van der Waals surface area (Å²) in [6.45, 7) is 4.08. The monoisotopic (exact) mass is 453 g/mol. The zero-order valence-electron chi connectivity index (χ0n) is 18.2. The highest BCUT2D eigenvalue weighted by atomic mass is 35.5. The van der Waals surface area contributed by atoms with Crippen LogP contribution in [0, 0.1) is 0 Å². The summed E-state index contributed by atoms with van der Waals surface area (Å²) >= 11 is 5.95. The molecule has 32 heavy (non-hydrogen) atoms. The molecule has 1 aliphatic heterocycles. The van der Waals surface area contributed by atoms with Gasteiger partial charge in [-0.25, -0.2) is 0 Å². The molecule has 6 nitrogen and oxygen atoms in total. The number of likely N-dealkylation sites (tertiary alicyclic amines) is 1. The minimum Gasteiger partial charge on any atom is -0.493 e. The van der Waals surface area contributed by atoms with Crippen LogP contribution in [0.25, 0.3) is 11.1 Å². The Morgan fingerprint density at radius 1 is 1.06 bits per heavy atom. The van der Waals surface area contributed by atoms with Crippen molar-refractivity contribution >= 4 is 23.2 Å². The van der Waals surface area contributed by atoms with Gasteiger partial charge < -0.3 is 24.7 Å². The first kappa shape index (κ1) is 22.2. The first-order chi connectivity index (χ1) is 15.6. The number of halogens is 1. The first-order valence-corrected chi connectivity index (χ1v) is 11.3. The number of hydrogen-bond acceptors (Lipinski definition) is 4. The molecule has 168 valence electrons. The number of H-pyrrole nitrogens is 1. The van der Waals surface area contributed by atoms with E-state index in [2.05, 4.69) is 15.2 Å². The van der Waals surface area contributed by atoms with Crippen molar-refractivity contribution in [3.05, 3.63) is 65.4 Å². The maximum atomic E-state index is 12.7. The second-order valence-electron chi connectivity index (χ2n) is 7.88. The van der Waals surface area contributed by atoms with E-state index in [0.717, 1.165) is 24.1 Å². The smallest absolute Gasteiger partial charge is 0.272 e. The van der Waals surface area contributed by atoms with Crippen LogP contribution in [0.15, 0.2) is 54.7 Å². The Morgan fingerprint density at radius 3 is 2.59 bits per heavy atom. The number of methoxy groups -OCH3 is 1. The van der Waals surface area contributed by atoms with Crippen molar-refractivity contribution in [3.8, 4) is 22.6 Å². The van der Waals surface area contributed by atoms with Crippen LogP contribution in [0.4, 0.5) is 5.69 Å². The molecule has 7 heteroatoms. The lowest BCUT2D eigenvalue weighted by Gasteiger charge is -2.16. The molecule has 1 amide bonds. The molecule has 0 spiro atoms. The fraction of sp³-hybridized carbons (Fsp3) is 0.320. The molecule has 2 heterocycles. The van der Waals surface area contributed by atoms with Gasteiger partial charge in [0.05, 0.1) is 13.7 Å². The number of hydrogen-bond donors (Lipinski definition) is 2. The Hall–Kier alpha value is -2.96. The quantitative estimate of drug-likeness (QED) is 0.422. The molecule has 0 radical (unpaired) electrons. The van der Waals surface area contributed by atoms with Crippen LogP contribution in [-0.2, 0) is 0 Å². The number of ether oxygens (including phenoxy) is 2. The summed E-state index contributed by atoms with van der Waals surface area (Å²) in [5.74, 6) is 1.04. The van der Waals surface area contributed by atoms with Crippen LogP contribution in [-0.4, -0.2) is 49.1 Å². The number of carbonyl (C=O) groups is 1. The van der Waals surface area contributed by atoms with Gasteiger partial charge in [0.15, 0.2) is 11.5 Å². The molecular formula is C25H28ClN3O3. The number of nitrogens with zero attached hydrogens (tertiary/aromatic N) is 1. The lowest BCUT2D eigenvalue weighted by atomic mass is 10.1. The molecule has 0 saturated carbocycles. The van der Waals surface area contributed by atoms with E-state index in [-0.39, 0.29) is 5.91 Å². The van der Waals surface area contributed by atoms with Crippen molar-refractivity contribution < 1.29 is 14.3 Å². The van der Waals surface area contributed by atoms with Gasteiger partial charge in [-0.1, -0.05) is 23.7 Å². The number of aromatic nitrogens is 1. The number of aromatic amines is 1. The number of nitrogens with one attached hydrogen (secondary N) is 2. The SMILES string of the molecule is COc1cc(NC(=O)c2cc(-c3ccc(Cl)cc3)c[nH]2)ccc1OCCCN1CCCC1. The van der Waals surface area contributed by atoms with Gasteiger partial charge in [0.1, 0.15) is 5.69 Å². The van der Waals surface area contributed by atoms with Crippen LogP contribution in [0.2, 0.25) is 5.02 Å². The summed E-state index contributed by atoms with van der Waals surface area (Å²) in [5, 5.41) is 3.58. The molecule has 1 fully saturated rings. The number of anilines is 1. The normalized spacial score (nSPS) is 13.8. The van der Waals surface area contributed by atoms with Crippen molar-refractivity contribution in [1.82, 2.24) is 9.88 Å². The summed E-state index contributed by atoms with van der Waals surface area (Å²) in [4.78, 5) is 18.2. The number of rotatable bonds is 9. The zero-order chi connectivity index (χ0) is 22.3. The van der Waals surface area contributed by atoms with Gasteiger partial charge in [-0.15, -0.1) is 0 Å². The van der Waals surface area contributed by atoms with Gasteiger partial charge >= 0.3 is 0 Å². The summed E-state index contributed by atoms with van der Waals surface area (Å²) < 4.78 is 11.4. The van der Waals surface area contributed by atoms with Crippen molar-refractivity contribution in [2.24, 2.45) is 0 Å². The molecule has 1 aromatic heterocycles. The van der Waals surface area contributed by atoms with Gasteiger partial charge in [-0.2, -0.15) is 0 Å². The molecule has 0 aliphatic carbocycles. The van der Waals surface area contributed by atoms with E-state index in [1.54, 1.807) is 19.4 Å². The molecule has 2 aromatic carbocycles. The van der Waals surface area contributed by atoms with Crippen LogP contribution in [0.3, 0.4) is 0 Å². The Balaban J connectivity index is 1.34. The van der Waals surface area contributed by atoms with Crippen molar-refractivity contribution in [1.29, 1.82) is 0 Å². The van der Waals surface area contributed by atoms with E-state index in [0.29, 0.717) is 34.5 Å². The minimum absolute atomic E-state index is 0.230. The molecule has 4 rings (SSSR count). The highest BCUT2D eigenvalue weighted by molar-refractivity contribution is 6.30. The predicted octanol–water partition coefficient (Wildman–Crippen LogP) is 5.46. The van der Waals surface area contributed by atoms with Gasteiger partial charge in [0, 0.05) is 29.5 Å². The van der Waals surface area contributed by atoms with Gasteiger partial charge in [-0.3, -0.25) is 4.79 Å². The third-order valence-corrected chi connectivity index (χ3v) is 5.85. The highest BCUT2D eigenvalue weighted by Crippen LogP contribution is 2.31. The average molecular weight is 454 g/mol. The second-order valence-corrected chi connectivity index (χ2v) is 8.32. The van der Waals surface area contributed by atoms with Crippen molar-refractivity contribution in [2.75, 3.05) is 38.7 Å². The Bertz CT molecular complexity index is 1040. The summed E-state index contributed by atoms with van der Waals surface area (Å²) in [6, 6.07) is 14.7. The lowest BCUT2D eigenvalue weighted by molar-refractivity contribution is 0.102. The van der Waals surface area contributed by atoms with Gasteiger partial charge in [-0.05, 0) is 73.8 Å². The highest BCUT2D eigenvalue weighted by Gasteiger charge is 2.13. The third kappa shape index (κ3) is 5.64. The Kier molecular flexibility index (Phi) is 7.35. The molecule has 3 aromatic rings. The van der Waals surface area contributed by atoms with E-state index < -0.39 is 0 Å². The fourth-order valence-electron chi connectivity index (χ4n) is 3.87. The average Bonchev–Trinajstić information content (AvgIpc) is 3.50. The molecule has 2 N–H and O–H groups in total. The Morgan fingerprint density at radius 2 is 1.84 bits per heavy atom. The van der Waals surface area contributed by atoms with E-state index in [1.807, 2.05) is 42.5 Å². The predicted molar refractivity (Wildman–Crippen MR) is 128 cm³/mol. The third-order valence-electron chi connectivity index (χ3n) is 5.60. The van der Waals surface area contributed by atoms with Gasteiger partial charge in [0.2, 0.25) is 0 Å². The topological polar surface area (TPSA) is 66.6 Å².